The van der Waals surface area contributed by atoms with Crippen molar-refractivity contribution in [3.63, 3.8) is 0 Å². The third-order valence-corrected chi connectivity index (χ3v) is 2.62. The van der Waals surface area contributed by atoms with E-state index in [0.29, 0.717) is 22.2 Å². The van der Waals surface area contributed by atoms with Crippen molar-refractivity contribution in [3.05, 3.63) is 47.6 Å². The minimum absolute atomic E-state index is 0.329. The fourth-order valence-electron chi connectivity index (χ4n) is 1.63. The average molecular weight is 249 g/mol. The molecule has 0 bridgehead atoms. The lowest BCUT2D eigenvalue weighted by Gasteiger charge is -2.01. The van der Waals surface area contributed by atoms with E-state index < -0.39 is 0 Å². The highest BCUT2D eigenvalue weighted by Gasteiger charge is 2.11. The van der Waals surface area contributed by atoms with E-state index in [1.807, 2.05) is 0 Å². The molecule has 0 saturated heterocycles. The van der Waals surface area contributed by atoms with Crippen LogP contribution in [0, 0.1) is 5.82 Å². The number of halogens is 2. The van der Waals surface area contributed by atoms with Gasteiger partial charge in [-0.2, -0.15) is 0 Å². The number of hydrogen-bond donors (Lipinski definition) is 0. The Kier molecular flexibility index (Phi) is 2.26. The molecule has 3 aromatic rings. The van der Waals surface area contributed by atoms with Gasteiger partial charge >= 0.3 is 0 Å². The van der Waals surface area contributed by atoms with E-state index in [9.17, 15) is 4.39 Å². The Bertz CT molecular complexity index is 695. The number of benzene rings is 1. The summed E-state index contributed by atoms with van der Waals surface area (Å²) in [5, 5.41) is 8.30. The maximum atomic E-state index is 13.2. The Hall–Kier alpha value is -2.01. The molecule has 2 heterocycles. The Morgan fingerprint density at radius 3 is 2.88 bits per heavy atom. The first-order chi connectivity index (χ1) is 8.25. The third-order valence-electron chi connectivity index (χ3n) is 2.36. The van der Waals surface area contributed by atoms with E-state index in [2.05, 4.69) is 15.2 Å². The zero-order valence-electron chi connectivity index (χ0n) is 8.51. The number of nitrogens with zero attached hydrogens (tertiary/aromatic N) is 4. The van der Waals surface area contributed by atoms with Crippen LogP contribution in [0.1, 0.15) is 0 Å². The first kappa shape index (κ1) is 10.2. The van der Waals surface area contributed by atoms with Gasteiger partial charge in [-0.3, -0.25) is 9.38 Å². The lowest BCUT2D eigenvalue weighted by molar-refractivity contribution is 0.628. The van der Waals surface area contributed by atoms with Gasteiger partial charge in [0.25, 0.3) is 0 Å². The molecular formula is C11H6ClFN4. The van der Waals surface area contributed by atoms with Gasteiger partial charge in [0.1, 0.15) is 11.0 Å². The zero-order valence-corrected chi connectivity index (χ0v) is 9.26. The van der Waals surface area contributed by atoms with Crippen LogP contribution in [-0.2, 0) is 0 Å². The molecule has 0 saturated carbocycles. The maximum Gasteiger partial charge on any atom is 0.180 e. The molecule has 0 aliphatic rings. The smallest absolute Gasteiger partial charge is 0.180 e. The zero-order chi connectivity index (χ0) is 11.8. The highest BCUT2D eigenvalue weighted by molar-refractivity contribution is 6.29. The molecular weight excluding hydrogens is 243 g/mol. The highest BCUT2D eigenvalue weighted by Crippen LogP contribution is 2.21. The lowest BCUT2D eigenvalue weighted by atomic mass is 10.2. The first-order valence-electron chi connectivity index (χ1n) is 4.86. The van der Waals surface area contributed by atoms with Gasteiger partial charge in [0, 0.05) is 5.56 Å². The van der Waals surface area contributed by atoms with Gasteiger partial charge in [-0.05, 0) is 12.1 Å². The average Bonchev–Trinajstić information content (AvgIpc) is 2.74. The predicted octanol–water partition coefficient (Wildman–Crippen LogP) is 2.58. The molecule has 1 aromatic carbocycles. The Morgan fingerprint density at radius 2 is 2.06 bits per heavy atom. The van der Waals surface area contributed by atoms with Crippen molar-refractivity contribution in [3.8, 4) is 11.4 Å². The van der Waals surface area contributed by atoms with Crippen molar-refractivity contribution < 1.29 is 4.39 Å². The standard InChI is InChI=1S/C11H6ClFN4/c12-9-5-14-6-10-15-16-11(17(9)10)7-2-1-3-8(13)4-7/h1-6H. The largest absolute Gasteiger partial charge is 0.262 e. The molecule has 84 valence electrons. The van der Waals surface area contributed by atoms with Crippen LogP contribution < -0.4 is 0 Å². The van der Waals surface area contributed by atoms with Crippen LogP contribution in [0.3, 0.4) is 0 Å². The molecule has 0 radical (unpaired) electrons. The van der Waals surface area contributed by atoms with Gasteiger partial charge in [-0.15, -0.1) is 10.2 Å². The molecule has 0 aliphatic heterocycles. The second-order valence-corrected chi connectivity index (χ2v) is 3.84. The molecule has 0 unspecified atom stereocenters. The van der Waals surface area contributed by atoms with E-state index in [1.54, 1.807) is 22.7 Å². The number of fused-ring (bicyclic) bond motifs is 1. The van der Waals surface area contributed by atoms with Gasteiger partial charge < -0.3 is 0 Å². The van der Waals surface area contributed by atoms with E-state index in [4.69, 9.17) is 11.6 Å². The molecule has 0 spiro atoms. The summed E-state index contributed by atoms with van der Waals surface area (Å²) in [6, 6.07) is 6.11. The van der Waals surface area contributed by atoms with Crippen LogP contribution in [0.4, 0.5) is 4.39 Å². The monoisotopic (exact) mass is 248 g/mol. The quantitative estimate of drug-likeness (QED) is 0.665. The van der Waals surface area contributed by atoms with Crippen molar-refractivity contribution in [1.29, 1.82) is 0 Å². The molecule has 2 aromatic heterocycles. The summed E-state index contributed by atoms with van der Waals surface area (Å²) >= 11 is 6.02. The second kappa shape index (κ2) is 3.78. The van der Waals surface area contributed by atoms with Crippen molar-refractivity contribution in [2.75, 3.05) is 0 Å². The van der Waals surface area contributed by atoms with Crippen molar-refractivity contribution in [2.45, 2.75) is 0 Å². The lowest BCUT2D eigenvalue weighted by Crippen LogP contribution is -1.92. The van der Waals surface area contributed by atoms with Gasteiger partial charge in [0.15, 0.2) is 11.5 Å². The molecule has 0 N–H and O–H groups in total. The summed E-state index contributed by atoms with van der Waals surface area (Å²) in [7, 11) is 0. The van der Waals surface area contributed by atoms with Crippen LogP contribution in [0.2, 0.25) is 5.15 Å². The van der Waals surface area contributed by atoms with E-state index in [1.165, 1.54) is 18.3 Å². The molecule has 0 atom stereocenters. The van der Waals surface area contributed by atoms with E-state index in [-0.39, 0.29) is 5.82 Å². The summed E-state index contributed by atoms with van der Waals surface area (Å²) in [4.78, 5) is 3.91. The normalized spacial score (nSPS) is 10.9. The Labute approximate surface area is 101 Å². The van der Waals surface area contributed by atoms with Crippen LogP contribution >= 0.6 is 11.6 Å². The van der Waals surface area contributed by atoms with Gasteiger partial charge in [-0.1, -0.05) is 23.7 Å². The van der Waals surface area contributed by atoms with Crippen molar-refractivity contribution in [2.24, 2.45) is 0 Å². The minimum atomic E-state index is -0.329. The third kappa shape index (κ3) is 1.64. The van der Waals surface area contributed by atoms with Crippen LogP contribution in [0.25, 0.3) is 17.0 Å². The number of hydrogen-bond acceptors (Lipinski definition) is 3. The summed E-state index contributed by atoms with van der Waals surface area (Å²) in [5.41, 5.74) is 1.14. The minimum Gasteiger partial charge on any atom is -0.262 e. The summed E-state index contributed by atoms with van der Waals surface area (Å²) < 4.78 is 14.8. The summed E-state index contributed by atoms with van der Waals surface area (Å²) in [6.45, 7) is 0. The summed E-state index contributed by atoms with van der Waals surface area (Å²) in [6.07, 6.45) is 3.03. The molecule has 4 nitrogen and oxygen atoms in total. The van der Waals surface area contributed by atoms with Gasteiger partial charge in [-0.25, -0.2) is 4.39 Å². The fourth-order valence-corrected chi connectivity index (χ4v) is 1.85. The van der Waals surface area contributed by atoms with Crippen molar-refractivity contribution in [1.82, 2.24) is 19.6 Å². The van der Waals surface area contributed by atoms with Crippen LogP contribution in [0.15, 0.2) is 36.7 Å². The van der Waals surface area contributed by atoms with E-state index in [0.717, 1.165) is 0 Å². The molecule has 17 heavy (non-hydrogen) atoms. The van der Waals surface area contributed by atoms with E-state index >= 15 is 0 Å². The topological polar surface area (TPSA) is 43.1 Å². The SMILES string of the molecule is Fc1cccc(-c2nnc3cncc(Cl)n23)c1. The predicted molar refractivity (Wildman–Crippen MR) is 61.2 cm³/mol. The first-order valence-corrected chi connectivity index (χ1v) is 5.24. The van der Waals surface area contributed by atoms with Crippen LogP contribution in [0.5, 0.6) is 0 Å². The molecule has 0 amide bonds. The van der Waals surface area contributed by atoms with Crippen LogP contribution in [-0.4, -0.2) is 19.6 Å². The summed E-state index contributed by atoms with van der Waals surface area (Å²) in [5.74, 6) is 0.163. The van der Waals surface area contributed by atoms with Crippen molar-refractivity contribution >= 4 is 17.2 Å². The highest BCUT2D eigenvalue weighted by atomic mass is 35.5. The maximum absolute atomic E-state index is 13.2. The number of rotatable bonds is 1. The second-order valence-electron chi connectivity index (χ2n) is 3.46. The Balaban J connectivity index is 2.31. The Morgan fingerprint density at radius 1 is 1.18 bits per heavy atom. The molecule has 6 heteroatoms. The number of aromatic nitrogens is 4. The van der Waals surface area contributed by atoms with Gasteiger partial charge in [0.2, 0.25) is 0 Å². The molecule has 0 aliphatic carbocycles. The molecule has 3 rings (SSSR count). The van der Waals surface area contributed by atoms with Gasteiger partial charge in [0.05, 0.1) is 12.4 Å². The molecule has 0 fully saturated rings. The fraction of sp³-hybridized carbons (Fsp3) is 0.